The topological polar surface area (TPSA) is 59.3 Å². The van der Waals surface area contributed by atoms with E-state index >= 15 is 0 Å². The zero-order valence-electron chi connectivity index (χ0n) is 12.1. The molecule has 6 heteroatoms. The van der Waals surface area contributed by atoms with Crippen molar-refractivity contribution in [1.29, 1.82) is 0 Å². The standard InChI is InChI=1S/C17H13Cl2NO3/c18-12-8-7-11-16(15(12)19)20(9-3-6-14(21)22)13-5-2-1-4-10(13)17(11)23/h1-2,4-5,7-8H,3,6,9H2,(H,21,22). The zero-order chi connectivity index (χ0) is 16.6. The van der Waals surface area contributed by atoms with E-state index in [4.69, 9.17) is 28.3 Å². The molecule has 4 nitrogen and oxygen atoms in total. The van der Waals surface area contributed by atoms with Gasteiger partial charge in [-0.15, -0.1) is 0 Å². The van der Waals surface area contributed by atoms with E-state index in [2.05, 4.69) is 0 Å². The van der Waals surface area contributed by atoms with E-state index in [1.54, 1.807) is 24.3 Å². The summed E-state index contributed by atoms with van der Waals surface area (Å²) in [5, 5.41) is 10.6. The van der Waals surface area contributed by atoms with Crippen LogP contribution < -0.4 is 5.43 Å². The zero-order valence-corrected chi connectivity index (χ0v) is 13.6. The summed E-state index contributed by atoms with van der Waals surface area (Å²) in [6.45, 7) is 0.434. The minimum Gasteiger partial charge on any atom is -0.481 e. The number of halogens is 2. The number of rotatable bonds is 4. The van der Waals surface area contributed by atoms with Crippen LogP contribution in [0.25, 0.3) is 21.8 Å². The summed E-state index contributed by atoms with van der Waals surface area (Å²) in [6.07, 6.45) is 0.472. The predicted molar refractivity (Wildman–Crippen MR) is 92.6 cm³/mol. The minimum atomic E-state index is -0.858. The number of aryl methyl sites for hydroxylation is 1. The van der Waals surface area contributed by atoms with Crippen molar-refractivity contribution < 1.29 is 9.90 Å². The van der Waals surface area contributed by atoms with Crippen molar-refractivity contribution in [2.75, 3.05) is 0 Å². The molecular weight excluding hydrogens is 337 g/mol. The Hall–Kier alpha value is -2.04. The molecule has 0 aliphatic heterocycles. The first-order valence-corrected chi connectivity index (χ1v) is 7.87. The molecule has 3 rings (SSSR count). The average Bonchev–Trinajstić information content (AvgIpc) is 2.53. The van der Waals surface area contributed by atoms with Gasteiger partial charge in [0.25, 0.3) is 0 Å². The van der Waals surface area contributed by atoms with Gasteiger partial charge < -0.3 is 9.67 Å². The molecule has 0 unspecified atom stereocenters. The molecule has 0 aliphatic rings. The molecule has 0 saturated carbocycles. The first-order chi connectivity index (χ1) is 11.0. The number of fused-ring (bicyclic) bond motifs is 2. The number of carboxylic acids is 1. The van der Waals surface area contributed by atoms with Gasteiger partial charge in [-0.25, -0.2) is 0 Å². The lowest BCUT2D eigenvalue weighted by molar-refractivity contribution is -0.137. The van der Waals surface area contributed by atoms with Crippen molar-refractivity contribution in [3.63, 3.8) is 0 Å². The lowest BCUT2D eigenvalue weighted by Crippen LogP contribution is -2.13. The summed E-state index contributed by atoms with van der Waals surface area (Å²) >= 11 is 12.4. The van der Waals surface area contributed by atoms with Gasteiger partial charge in [-0.05, 0) is 30.7 Å². The number of nitrogens with zero attached hydrogens (tertiary/aromatic N) is 1. The van der Waals surface area contributed by atoms with E-state index in [-0.39, 0.29) is 11.8 Å². The van der Waals surface area contributed by atoms with E-state index in [1.165, 1.54) is 0 Å². The molecular formula is C17H13Cl2NO3. The SMILES string of the molecule is O=C(O)CCCn1c2ccccc2c(=O)c2ccc(Cl)c(Cl)c21. The second kappa shape index (κ2) is 6.22. The largest absolute Gasteiger partial charge is 0.481 e. The van der Waals surface area contributed by atoms with Crippen molar-refractivity contribution in [2.24, 2.45) is 0 Å². The second-order valence-electron chi connectivity index (χ2n) is 5.25. The number of aliphatic carboxylic acids is 1. The highest BCUT2D eigenvalue weighted by atomic mass is 35.5. The minimum absolute atomic E-state index is 0.0418. The highest BCUT2D eigenvalue weighted by Crippen LogP contribution is 2.31. The summed E-state index contributed by atoms with van der Waals surface area (Å²) in [4.78, 5) is 23.5. The Morgan fingerprint density at radius 2 is 1.83 bits per heavy atom. The van der Waals surface area contributed by atoms with E-state index in [1.807, 2.05) is 16.7 Å². The third-order valence-electron chi connectivity index (χ3n) is 3.80. The first-order valence-electron chi connectivity index (χ1n) is 7.11. The highest BCUT2D eigenvalue weighted by Gasteiger charge is 2.15. The van der Waals surface area contributed by atoms with Crippen LogP contribution in [0.4, 0.5) is 0 Å². The second-order valence-corrected chi connectivity index (χ2v) is 6.04. The fourth-order valence-electron chi connectivity index (χ4n) is 2.77. The van der Waals surface area contributed by atoms with Gasteiger partial charge >= 0.3 is 5.97 Å². The van der Waals surface area contributed by atoms with Crippen LogP contribution in [0.5, 0.6) is 0 Å². The van der Waals surface area contributed by atoms with Gasteiger partial charge in [-0.2, -0.15) is 0 Å². The molecule has 0 spiro atoms. The molecule has 0 amide bonds. The Bertz CT molecular complexity index is 979. The maximum absolute atomic E-state index is 12.7. The number of hydrogen-bond donors (Lipinski definition) is 1. The van der Waals surface area contributed by atoms with E-state index in [0.717, 1.165) is 5.52 Å². The quantitative estimate of drug-likeness (QED) is 0.713. The Kier molecular flexibility index (Phi) is 4.28. The normalized spacial score (nSPS) is 11.2. The molecule has 0 saturated heterocycles. The van der Waals surface area contributed by atoms with Crippen molar-refractivity contribution in [3.05, 3.63) is 56.7 Å². The van der Waals surface area contributed by atoms with Crippen LogP contribution in [0.1, 0.15) is 12.8 Å². The Labute approximate surface area is 141 Å². The molecule has 0 bridgehead atoms. The van der Waals surface area contributed by atoms with E-state index in [0.29, 0.717) is 39.3 Å². The van der Waals surface area contributed by atoms with Gasteiger partial charge in [-0.3, -0.25) is 9.59 Å². The molecule has 1 aromatic heterocycles. The summed E-state index contributed by atoms with van der Waals surface area (Å²) in [6, 6.07) is 10.5. The predicted octanol–water partition coefficient (Wildman–Crippen LogP) is 4.33. The molecule has 0 radical (unpaired) electrons. The summed E-state index contributed by atoms with van der Waals surface area (Å²) in [5.41, 5.74) is 1.16. The number of hydrogen-bond acceptors (Lipinski definition) is 2. The molecule has 23 heavy (non-hydrogen) atoms. The van der Waals surface area contributed by atoms with Gasteiger partial charge in [0.2, 0.25) is 0 Å². The highest BCUT2D eigenvalue weighted by molar-refractivity contribution is 6.45. The van der Waals surface area contributed by atoms with Crippen LogP contribution in [-0.2, 0) is 11.3 Å². The first kappa shape index (κ1) is 15.8. The van der Waals surface area contributed by atoms with E-state index in [9.17, 15) is 9.59 Å². The number of carbonyl (C=O) groups is 1. The smallest absolute Gasteiger partial charge is 0.303 e. The third-order valence-corrected chi connectivity index (χ3v) is 4.59. The number of carboxylic acid groups (broad SMARTS) is 1. The molecule has 1 heterocycles. The lowest BCUT2D eigenvalue weighted by atomic mass is 10.1. The lowest BCUT2D eigenvalue weighted by Gasteiger charge is -2.16. The summed E-state index contributed by atoms with van der Waals surface area (Å²) in [5.74, 6) is -0.858. The molecule has 0 aliphatic carbocycles. The maximum Gasteiger partial charge on any atom is 0.303 e. The summed E-state index contributed by atoms with van der Waals surface area (Å²) in [7, 11) is 0. The fraction of sp³-hybridized carbons (Fsp3) is 0.176. The average molecular weight is 350 g/mol. The van der Waals surface area contributed by atoms with Gasteiger partial charge in [-0.1, -0.05) is 35.3 Å². The van der Waals surface area contributed by atoms with Crippen LogP contribution in [0, 0.1) is 0 Å². The Morgan fingerprint density at radius 3 is 2.57 bits per heavy atom. The van der Waals surface area contributed by atoms with Crippen LogP contribution in [0.3, 0.4) is 0 Å². The molecule has 2 aromatic carbocycles. The van der Waals surface area contributed by atoms with E-state index < -0.39 is 5.97 Å². The van der Waals surface area contributed by atoms with Gasteiger partial charge in [0, 0.05) is 23.7 Å². The molecule has 0 fully saturated rings. The fourth-order valence-corrected chi connectivity index (χ4v) is 3.19. The number of para-hydroxylation sites is 1. The van der Waals surface area contributed by atoms with Gasteiger partial charge in [0.1, 0.15) is 0 Å². The van der Waals surface area contributed by atoms with Crippen molar-refractivity contribution in [1.82, 2.24) is 4.57 Å². The monoisotopic (exact) mass is 349 g/mol. The van der Waals surface area contributed by atoms with Crippen molar-refractivity contribution in [3.8, 4) is 0 Å². The van der Waals surface area contributed by atoms with Crippen LogP contribution >= 0.6 is 23.2 Å². The van der Waals surface area contributed by atoms with Crippen LogP contribution in [0.2, 0.25) is 10.0 Å². The molecule has 0 atom stereocenters. The molecule has 3 aromatic rings. The number of aromatic nitrogens is 1. The van der Waals surface area contributed by atoms with Crippen LogP contribution in [0.15, 0.2) is 41.2 Å². The molecule has 118 valence electrons. The van der Waals surface area contributed by atoms with Crippen molar-refractivity contribution >= 4 is 51.0 Å². The maximum atomic E-state index is 12.7. The third kappa shape index (κ3) is 2.80. The molecule has 1 N–H and O–H groups in total. The Morgan fingerprint density at radius 1 is 1.09 bits per heavy atom. The van der Waals surface area contributed by atoms with Crippen LogP contribution in [-0.4, -0.2) is 15.6 Å². The van der Waals surface area contributed by atoms with Gasteiger partial charge in [0.05, 0.1) is 21.1 Å². The number of benzene rings is 2. The summed E-state index contributed by atoms with van der Waals surface area (Å²) < 4.78 is 1.88. The van der Waals surface area contributed by atoms with Gasteiger partial charge in [0.15, 0.2) is 5.43 Å². The van der Waals surface area contributed by atoms with Crippen molar-refractivity contribution in [2.45, 2.75) is 19.4 Å². The number of pyridine rings is 1. The Balaban J connectivity index is 2.35.